The summed E-state index contributed by atoms with van der Waals surface area (Å²) in [6.07, 6.45) is 6.12. The van der Waals surface area contributed by atoms with Gasteiger partial charge in [-0.3, -0.25) is 4.79 Å². The number of carbonyl (C=O) groups excluding carboxylic acids is 1. The summed E-state index contributed by atoms with van der Waals surface area (Å²) in [5, 5.41) is 8.51. The van der Waals surface area contributed by atoms with Crippen molar-refractivity contribution in [2.75, 3.05) is 26.8 Å². The van der Waals surface area contributed by atoms with Crippen LogP contribution in [0.3, 0.4) is 0 Å². The number of carbonyl (C=O) groups is 1. The highest BCUT2D eigenvalue weighted by molar-refractivity contribution is 7.12. The average Bonchev–Trinajstić information content (AvgIpc) is 3.74. The third-order valence-electron chi connectivity index (χ3n) is 8.61. The number of ether oxygens (including phenoxy) is 2. The fraction of sp³-hybridized carbons (Fsp3) is 0.455. The highest BCUT2D eigenvalue weighted by Gasteiger charge is 2.41. The van der Waals surface area contributed by atoms with E-state index < -0.39 is 5.82 Å². The summed E-state index contributed by atoms with van der Waals surface area (Å²) in [5.74, 6) is 0.603. The number of aromatic nitrogens is 1. The number of methoxy groups -OCH3 is 1. The van der Waals surface area contributed by atoms with E-state index >= 15 is 0 Å². The minimum absolute atomic E-state index is 0.0458. The molecular formula is C33H38ClFN4O3S. The first-order valence-electron chi connectivity index (χ1n) is 15.0. The quantitative estimate of drug-likeness (QED) is 0.261. The van der Waals surface area contributed by atoms with E-state index in [2.05, 4.69) is 28.5 Å². The van der Waals surface area contributed by atoms with Crippen LogP contribution in [0.15, 0.2) is 42.1 Å². The van der Waals surface area contributed by atoms with Crippen molar-refractivity contribution in [3.63, 3.8) is 0 Å². The maximum Gasteiger partial charge on any atom is 0.252 e. The number of rotatable bonds is 11. The minimum Gasteiger partial charge on any atom is -0.496 e. The highest BCUT2D eigenvalue weighted by atomic mass is 35.5. The summed E-state index contributed by atoms with van der Waals surface area (Å²) < 4.78 is 25.5. The Kier molecular flexibility index (Phi) is 9.05. The number of benzene rings is 2. The van der Waals surface area contributed by atoms with Crippen LogP contribution in [0.2, 0.25) is 5.02 Å². The average molecular weight is 625 g/mol. The van der Waals surface area contributed by atoms with Gasteiger partial charge in [0.05, 0.1) is 34.7 Å². The highest BCUT2D eigenvalue weighted by Crippen LogP contribution is 2.39. The molecule has 2 fully saturated rings. The number of hydrogen-bond acceptors (Lipinski definition) is 7. The van der Waals surface area contributed by atoms with Crippen molar-refractivity contribution in [1.29, 1.82) is 0 Å². The van der Waals surface area contributed by atoms with Crippen LogP contribution in [-0.2, 0) is 17.8 Å². The summed E-state index contributed by atoms with van der Waals surface area (Å²) in [6.45, 7) is 6.38. The molecule has 43 heavy (non-hydrogen) atoms. The van der Waals surface area contributed by atoms with Crippen LogP contribution in [0.25, 0.3) is 5.57 Å². The van der Waals surface area contributed by atoms with Crippen LogP contribution in [0, 0.1) is 19.7 Å². The maximum atomic E-state index is 14.5. The van der Waals surface area contributed by atoms with E-state index in [4.69, 9.17) is 26.1 Å². The van der Waals surface area contributed by atoms with Gasteiger partial charge in [-0.2, -0.15) is 0 Å². The molecule has 228 valence electrons. The van der Waals surface area contributed by atoms with Crippen molar-refractivity contribution in [3.05, 3.63) is 79.5 Å². The normalized spacial score (nSPS) is 19.8. The predicted octanol–water partition coefficient (Wildman–Crippen LogP) is 5.85. The first-order valence-corrected chi connectivity index (χ1v) is 16.2. The van der Waals surface area contributed by atoms with Crippen LogP contribution in [-0.4, -0.2) is 60.7 Å². The third-order valence-corrected chi connectivity index (χ3v) is 10.2. The monoisotopic (exact) mass is 624 g/mol. The van der Waals surface area contributed by atoms with E-state index in [-0.39, 0.29) is 29.8 Å². The van der Waals surface area contributed by atoms with Crippen LogP contribution in [0.5, 0.6) is 11.5 Å². The molecule has 2 aliphatic heterocycles. The van der Waals surface area contributed by atoms with Crippen molar-refractivity contribution in [3.8, 4) is 11.5 Å². The molecule has 3 aliphatic rings. The van der Waals surface area contributed by atoms with Crippen LogP contribution >= 0.6 is 22.9 Å². The molecule has 3 aromatic rings. The molecule has 2 aromatic carbocycles. The molecule has 10 heteroatoms. The summed E-state index contributed by atoms with van der Waals surface area (Å²) in [4.78, 5) is 22.3. The largest absolute Gasteiger partial charge is 0.496 e. The standard InChI is InChI=1S/C33H38ClFN4O3S/c1-19-9-12-25(35)32(31(19)34)42-13-5-8-29-37-17-28(43-29)24-14-22-15-36-16-26(38-22)30(24)33(40)39(23-10-11-23)18-21-6-4-7-27(41-3)20(21)2/h4,6-7,9,12,17,22-23,26,36,38H,5,8,10-11,13-16,18H2,1-3H3/t22-,26-/m1/s1. The first-order chi connectivity index (χ1) is 20.8. The van der Waals surface area contributed by atoms with E-state index in [1.807, 2.05) is 25.3 Å². The first kappa shape index (κ1) is 30.1. The van der Waals surface area contributed by atoms with Gasteiger partial charge < -0.3 is 25.0 Å². The Morgan fingerprint density at radius 2 is 2.05 bits per heavy atom. The lowest BCUT2D eigenvalue weighted by atomic mass is 9.86. The molecule has 1 amide bonds. The van der Waals surface area contributed by atoms with Gasteiger partial charge in [-0.05, 0) is 73.9 Å². The van der Waals surface area contributed by atoms with Crippen LogP contribution in [0.1, 0.15) is 52.3 Å². The van der Waals surface area contributed by atoms with Gasteiger partial charge in [0.2, 0.25) is 0 Å². The third kappa shape index (κ3) is 6.45. The van der Waals surface area contributed by atoms with Gasteiger partial charge in [0.15, 0.2) is 11.6 Å². The Morgan fingerprint density at radius 3 is 2.84 bits per heavy atom. The maximum absolute atomic E-state index is 14.5. The van der Waals surface area contributed by atoms with Gasteiger partial charge in [0.25, 0.3) is 5.91 Å². The van der Waals surface area contributed by atoms with Gasteiger partial charge in [-0.1, -0.05) is 29.8 Å². The van der Waals surface area contributed by atoms with Gasteiger partial charge >= 0.3 is 0 Å². The van der Waals surface area contributed by atoms with Crippen molar-refractivity contribution in [1.82, 2.24) is 20.5 Å². The van der Waals surface area contributed by atoms with Crippen molar-refractivity contribution in [2.24, 2.45) is 0 Å². The van der Waals surface area contributed by atoms with E-state index in [0.717, 1.165) is 75.8 Å². The summed E-state index contributed by atoms with van der Waals surface area (Å²) >= 11 is 7.89. The van der Waals surface area contributed by atoms with Gasteiger partial charge in [0, 0.05) is 49.9 Å². The molecule has 0 unspecified atom stereocenters. The molecule has 1 saturated carbocycles. The van der Waals surface area contributed by atoms with E-state index in [1.54, 1.807) is 24.5 Å². The Bertz CT molecular complexity index is 1540. The Hall–Kier alpha value is -2.98. The Balaban J connectivity index is 1.21. The van der Waals surface area contributed by atoms with E-state index in [9.17, 15) is 9.18 Å². The molecule has 7 nitrogen and oxygen atoms in total. The zero-order chi connectivity index (χ0) is 30.1. The van der Waals surface area contributed by atoms with E-state index in [1.165, 1.54) is 6.07 Å². The lowest BCUT2D eigenvalue weighted by molar-refractivity contribution is -0.128. The molecule has 1 aliphatic carbocycles. The minimum atomic E-state index is -0.455. The Morgan fingerprint density at radius 1 is 1.21 bits per heavy atom. The van der Waals surface area contributed by atoms with Crippen molar-refractivity contribution in [2.45, 2.75) is 70.6 Å². The smallest absolute Gasteiger partial charge is 0.252 e. The molecule has 1 saturated heterocycles. The summed E-state index contributed by atoms with van der Waals surface area (Å²) in [6, 6.07) is 9.55. The second-order valence-electron chi connectivity index (χ2n) is 11.7. The van der Waals surface area contributed by atoms with Crippen molar-refractivity contribution >= 4 is 34.4 Å². The molecule has 2 N–H and O–H groups in total. The fourth-order valence-corrected chi connectivity index (χ4v) is 7.30. The lowest BCUT2D eigenvalue weighted by Crippen LogP contribution is -2.59. The molecule has 1 aromatic heterocycles. The summed E-state index contributed by atoms with van der Waals surface area (Å²) in [7, 11) is 1.68. The lowest BCUT2D eigenvalue weighted by Gasteiger charge is -2.40. The number of thiazole rings is 1. The number of fused-ring (bicyclic) bond motifs is 2. The number of nitrogens with zero attached hydrogens (tertiary/aromatic N) is 2. The predicted molar refractivity (Wildman–Crippen MR) is 168 cm³/mol. The molecule has 0 spiro atoms. The fourth-order valence-electron chi connectivity index (χ4n) is 6.07. The van der Waals surface area contributed by atoms with E-state index in [0.29, 0.717) is 31.0 Å². The van der Waals surface area contributed by atoms with Gasteiger partial charge in [-0.15, -0.1) is 11.3 Å². The number of piperazine rings is 1. The number of hydrogen-bond donors (Lipinski definition) is 2. The van der Waals surface area contributed by atoms with Crippen LogP contribution < -0.4 is 20.1 Å². The summed E-state index contributed by atoms with van der Waals surface area (Å²) in [5.41, 5.74) is 4.93. The zero-order valence-electron chi connectivity index (χ0n) is 24.8. The number of halogens is 2. The second kappa shape index (κ2) is 12.9. The van der Waals surface area contributed by atoms with Crippen LogP contribution in [0.4, 0.5) is 4.39 Å². The molecule has 0 radical (unpaired) electrons. The number of amides is 1. The SMILES string of the molecule is COc1cccc(CN(C(=O)C2=C(c3cnc(CCCOc4c(F)ccc(C)c4Cl)s3)C[C@@H]3CNC[C@H]2N3)C2CC2)c1C. The van der Waals surface area contributed by atoms with Gasteiger partial charge in [-0.25, -0.2) is 9.37 Å². The second-order valence-corrected chi connectivity index (χ2v) is 13.2. The number of nitrogens with one attached hydrogen (secondary N) is 2. The zero-order valence-corrected chi connectivity index (χ0v) is 26.4. The molecular weight excluding hydrogens is 587 g/mol. The molecule has 3 heterocycles. The van der Waals surface area contributed by atoms with Crippen molar-refractivity contribution < 1.29 is 18.7 Å². The Labute approximate surface area is 261 Å². The molecule has 6 rings (SSSR count). The number of aryl methyl sites for hydroxylation is 2. The molecule has 2 bridgehead atoms. The van der Waals surface area contributed by atoms with Gasteiger partial charge in [0.1, 0.15) is 5.75 Å². The topological polar surface area (TPSA) is 75.7 Å². The molecule has 2 atom stereocenters.